The number of halogens is 1. The number of anilines is 1. The van der Waals surface area contributed by atoms with Crippen LogP contribution in [0.15, 0.2) is 53.6 Å². The van der Waals surface area contributed by atoms with Gasteiger partial charge in [0.15, 0.2) is 0 Å². The number of para-hydroxylation sites is 1. The van der Waals surface area contributed by atoms with Gasteiger partial charge in [-0.25, -0.2) is 4.98 Å². The van der Waals surface area contributed by atoms with E-state index >= 15 is 0 Å². The molecule has 140 valence electrons. The van der Waals surface area contributed by atoms with Crippen molar-refractivity contribution in [2.75, 3.05) is 12.4 Å². The van der Waals surface area contributed by atoms with Gasteiger partial charge < -0.3 is 10.1 Å². The molecule has 3 aromatic rings. The second kappa shape index (κ2) is 7.80. The number of nitrogens with one attached hydrogen (secondary N) is 1. The first-order valence-electron chi connectivity index (χ1n) is 8.52. The van der Waals surface area contributed by atoms with E-state index < -0.39 is 6.04 Å². The maximum atomic E-state index is 12.9. The lowest BCUT2D eigenvalue weighted by Crippen LogP contribution is -2.36. The van der Waals surface area contributed by atoms with Crippen molar-refractivity contribution in [3.63, 3.8) is 0 Å². The lowest BCUT2D eigenvalue weighted by atomic mass is 10.0. The van der Waals surface area contributed by atoms with E-state index in [1.807, 2.05) is 19.9 Å². The summed E-state index contributed by atoms with van der Waals surface area (Å²) in [7, 11) is 1.52. The molecule has 0 spiro atoms. The van der Waals surface area contributed by atoms with Crippen LogP contribution in [0.25, 0.3) is 10.9 Å². The maximum Gasteiger partial charge on any atom is 0.261 e. The van der Waals surface area contributed by atoms with E-state index in [0.717, 1.165) is 0 Å². The van der Waals surface area contributed by atoms with Crippen LogP contribution < -0.4 is 15.6 Å². The number of rotatable bonds is 5. The van der Waals surface area contributed by atoms with Crippen LogP contribution >= 0.6 is 11.6 Å². The highest BCUT2D eigenvalue weighted by Gasteiger charge is 2.26. The average Bonchev–Trinajstić information content (AvgIpc) is 2.64. The van der Waals surface area contributed by atoms with E-state index in [4.69, 9.17) is 16.3 Å². The van der Waals surface area contributed by atoms with Gasteiger partial charge in [-0.2, -0.15) is 0 Å². The topological polar surface area (TPSA) is 73.2 Å². The number of aromatic nitrogens is 2. The molecule has 1 heterocycles. The molecule has 0 fully saturated rings. The first-order chi connectivity index (χ1) is 12.9. The highest BCUT2D eigenvalue weighted by Crippen LogP contribution is 2.28. The summed E-state index contributed by atoms with van der Waals surface area (Å²) in [4.78, 5) is 30.1. The molecule has 0 aliphatic carbocycles. The Bertz CT molecular complexity index is 1050. The van der Waals surface area contributed by atoms with Crippen LogP contribution in [0.2, 0.25) is 5.02 Å². The molecule has 0 radical (unpaired) electrons. The van der Waals surface area contributed by atoms with E-state index in [1.54, 1.807) is 36.4 Å². The normalized spacial score (nSPS) is 12.2. The van der Waals surface area contributed by atoms with E-state index in [1.165, 1.54) is 18.0 Å². The molecular formula is C20H20ClN3O3. The van der Waals surface area contributed by atoms with E-state index in [2.05, 4.69) is 10.3 Å². The third-order valence-corrected chi connectivity index (χ3v) is 4.60. The number of fused-ring (bicyclic) bond motifs is 1. The Hall–Kier alpha value is -2.86. The van der Waals surface area contributed by atoms with Crippen LogP contribution in [0.3, 0.4) is 0 Å². The van der Waals surface area contributed by atoms with Crippen molar-refractivity contribution in [1.82, 2.24) is 9.55 Å². The predicted octanol–water partition coefficient (Wildman–Crippen LogP) is 3.89. The molecule has 1 atom stereocenters. The number of hydrogen-bond donors (Lipinski definition) is 1. The Labute approximate surface area is 161 Å². The van der Waals surface area contributed by atoms with Gasteiger partial charge in [-0.1, -0.05) is 37.6 Å². The minimum absolute atomic E-state index is 0.126. The molecule has 3 rings (SSSR count). The molecule has 1 unspecified atom stereocenters. The first-order valence-corrected chi connectivity index (χ1v) is 8.90. The molecule has 1 N–H and O–H groups in total. The number of nitrogens with zero attached hydrogens (tertiary/aromatic N) is 2. The predicted molar refractivity (Wildman–Crippen MR) is 107 cm³/mol. The summed E-state index contributed by atoms with van der Waals surface area (Å²) in [5.74, 6) is 0.0785. The fourth-order valence-corrected chi connectivity index (χ4v) is 3.25. The number of ether oxygens (including phenoxy) is 1. The summed E-state index contributed by atoms with van der Waals surface area (Å²) in [5.41, 5.74) is 0.879. The van der Waals surface area contributed by atoms with Crippen LogP contribution in [0.4, 0.5) is 5.69 Å². The van der Waals surface area contributed by atoms with Gasteiger partial charge in [0.25, 0.3) is 5.56 Å². The molecule has 0 saturated heterocycles. The number of benzene rings is 2. The SMILES string of the molecule is COc1ccc(NC(=O)C(C(C)C)n2cnc3ccccc3c2=O)cc1Cl. The van der Waals surface area contributed by atoms with Crippen molar-refractivity contribution in [1.29, 1.82) is 0 Å². The minimum Gasteiger partial charge on any atom is -0.495 e. The lowest BCUT2D eigenvalue weighted by Gasteiger charge is -2.23. The van der Waals surface area contributed by atoms with Crippen LogP contribution in [0.1, 0.15) is 19.9 Å². The number of amides is 1. The highest BCUT2D eigenvalue weighted by molar-refractivity contribution is 6.32. The van der Waals surface area contributed by atoms with E-state index in [0.29, 0.717) is 27.4 Å². The Balaban J connectivity index is 1.96. The zero-order valence-electron chi connectivity index (χ0n) is 15.3. The summed E-state index contributed by atoms with van der Waals surface area (Å²) >= 11 is 6.12. The summed E-state index contributed by atoms with van der Waals surface area (Å²) < 4.78 is 6.50. The quantitative estimate of drug-likeness (QED) is 0.723. The first kappa shape index (κ1) is 18.9. The third kappa shape index (κ3) is 3.80. The number of carbonyl (C=O) groups excluding carboxylic acids is 1. The smallest absolute Gasteiger partial charge is 0.261 e. The van der Waals surface area contributed by atoms with Gasteiger partial charge in [-0.15, -0.1) is 0 Å². The minimum atomic E-state index is -0.713. The standard InChI is InChI=1S/C20H20ClN3O3/c1-12(2)18(19(25)23-13-8-9-17(27-3)15(21)10-13)24-11-22-16-7-5-4-6-14(16)20(24)26/h4-12,18H,1-3H3,(H,23,25). The van der Waals surface area contributed by atoms with Gasteiger partial charge in [-0.3, -0.25) is 14.2 Å². The van der Waals surface area contributed by atoms with Crippen molar-refractivity contribution in [3.05, 3.63) is 64.2 Å². The zero-order chi connectivity index (χ0) is 19.6. The van der Waals surface area contributed by atoms with Crippen molar-refractivity contribution >= 4 is 34.1 Å². The van der Waals surface area contributed by atoms with Crippen LogP contribution in [0.5, 0.6) is 5.75 Å². The second-order valence-electron chi connectivity index (χ2n) is 6.50. The van der Waals surface area contributed by atoms with E-state index in [-0.39, 0.29) is 17.4 Å². The molecule has 0 aliphatic heterocycles. The molecule has 0 aliphatic rings. The van der Waals surface area contributed by atoms with Crippen molar-refractivity contribution in [2.45, 2.75) is 19.9 Å². The molecule has 27 heavy (non-hydrogen) atoms. The maximum absolute atomic E-state index is 12.9. The Morgan fingerprint density at radius 1 is 1.22 bits per heavy atom. The lowest BCUT2D eigenvalue weighted by molar-refractivity contribution is -0.120. The fourth-order valence-electron chi connectivity index (χ4n) is 2.99. The van der Waals surface area contributed by atoms with Crippen LogP contribution in [-0.4, -0.2) is 22.6 Å². The van der Waals surface area contributed by atoms with Crippen LogP contribution in [0, 0.1) is 5.92 Å². The third-order valence-electron chi connectivity index (χ3n) is 4.31. The van der Waals surface area contributed by atoms with Crippen molar-refractivity contribution in [3.8, 4) is 5.75 Å². The summed E-state index contributed by atoms with van der Waals surface area (Å²) in [6.45, 7) is 3.76. The van der Waals surface area contributed by atoms with Gasteiger partial charge in [0.05, 0.1) is 29.4 Å². The molecule has 0 bridgehead atoms. The number of methoxy groups -OCH3 is 1. The number of carbonyl (C=O) groups is 1. The van der Waals surface area contributed by atoms with Gasteiger partial charge >= 0.3 is 0 Å². The highest BCUT2D eigenvalue weighted by atomic mass is 35.5. The van der Waals surface area contributed by atoms with Gasteiger partial charge in [-0.05, 0) is 36.2 Å². The van der Waals surface area contributed by atoms with Crippen LogP contribution in [-0.2, 0) is 4.79 Å². The summed E-state index contributed by atoms with van der Waals surface area (Å²) in [6.07, 6.45) is 1.43. The fraction of sp³-hybridized carbons (Fsp3) is 0.250. The summed E-state index contributed by atoms with van der Waals surface area (Å²) in [6, 6.07) is 11.3. The Morgan fingerprint density at radius 2 is 1.96 bits per heavy atom. The number of hydrogen-bond acceptors (Lipinski definition) is 4. The molecule has 2 aromatic carbocycles. The van der Waals surface area contributed by atoms with Gasteiger partial charge in [0.2, 0.25) is 5.91 Å². The molecule has 1 aromatic heterocycles. The monoisotopic (exact) mass is 385 g/mol. The average molecular weight is 386 g/mol. The molecule has 7 heteroatoms. The molecular weight excluding hydrogens is 366 g/mol. The van der Waals surface area contributed by atoms with Crippen molar-refractivity contribution in [2.24, 2.45) is 5.92 Å². The summed E-state index contributed by atoms with van der Waals surface area (Å²) in [5, 5.41) is 3.69. The zero-order valence-corrected chi connectivity index (χ0v) is 16.0. The molecule has 6 nitrogen and oxygen atoms in total. The van der Waals surface area contributed by atoms with Crippen molar-refractivity contribution < 1.29 is 9.53 Å². The Morgan fingerprint density at radius 3 is 2.63 bits per heavy atom. The largest absolute Gasteiger partial charge is 0.495 e. The molecule has 1 amide bonds. The van der Waals surface area contributed by atoms with Gasteiger partial charge in [0.1, 0.15) is 11.8 Å². The Kier molecular flexibility index (Phi) is 5.46. The van der Waals surface area contributed by atoms with Gasteiger partial charge in [0, 0.05) is 5.69 Å². The molecule has 0 saturated carbocycles. The second-order valence-corrected chi connectivity index (χ2v) is 6.91. The van der Waals surface area contributed by atoms with E-state index in [9.17, 15) is 9.59 Å².